The van der Waals surface area contributed by atoms with Gasteiger partial charge in [0.05, 0.1) is 5.56 Å². The average Bonchev–Trinajstić information content (AvgIpc) is 2.86. The van der Waals surface area contributed by atoms with Crippen LogP contribution in [0.5, 0.6) is 0 Å². The first-order valence-corrected chi connectivity index (χ1v) is 6.82. The van der Waals surface area contributed by atoms with Crippen molar-refractivity contribution in [1.29, 1.82) is 0 Å². The number of benzene rings is 1. The quantitative estimate of drug-likeness (QED) is 0.890. The van der Waals surface area contributed by atoms with Gasteiger partial charge in [-0.05, 0) is 30.9 Å². The number of halogens is 3. The molecule has 0 radical (unpaired) electrons. The first-order chi connectivity index (χ1) is 9.06. The first-order valence-electron chi connectivity index (χ1n) is 6.00. The molecule has 3 rings (SSSR count). The molecule has 1 nitrogen and oxygen atoms in total. The number of aliphatic hydroxyl groups is 1. The number of aliphatic hydroxyl groups excluding tert-OH is 1. The van der Waals surface area contributed by atoms with Crippen molar-refractivity contribution in [2.75, 3.05) is 0 Å². The summed E-state index contributed by atoms with van der Waals surface area (Å²) in [4.78, 5) is 1.67. The minimum atomic E-state index is -1.38. The largest absolute Gasteiger partial charge is 0.383 e. The summed E-state index contributed by atoms with van der Waals surface area (Å²) < 4.78 is 40.1. The zero-order valence-corrected chi connectivity index (χ0v) is 10.7. The molecular formula is C14H11F3OS. The van der Waals surface area contributed by atoms with Gasteiger partial charge in [-0.2, -0.15) is 0 Å². The summed E-state index contributed by atoms with van der Waals surface area (Å²) in [5, 5.41) is 10.1. The molecule has 1 N–H and O–H groups in total. The van der Waals surface area contributed by atoms with Crippen LogP contribution >= 0.6 is 11.3 Å². The van der Waals surface area contributed by atoms with Crippen LogP contribution in [0.25, 0.3) is 0 Å². The van der Waals surface area contributed by atoms with E-state index in [4.69, 9.17) is 0 Å². The number of hydrogen-bond donors (Lipinski definition) is 1. The van der Waals surface area contributed by atoms with Crippen molar-refractivity contribution in [1.82, 2.24) is 0 Å². The third kappa shape index (κ3) is 2.17. The van der Waals surface area contributed by atoms with Gasteiger partial charge in [-0.3, -0.25) is 0 Å². The fraction of sp³-hybridized carbons (Fsp3) is 0.286. The topological polar surface area (TPSA) is 20.2 Å². The zero-order valence-electron chi connectivity index (χ0n) is 9.92. The fourth-order valence-electron chi connectivity index (χ4n) is 2.44. The first kappa shape index (κ1) is 12.7. The van der Waals surface area contributed by atoms with Crippen LogP contribution in [0.2, 0.25) is 0 Å². The summed E-state index contributed by atoms with van der Waals surface area (Å²) in [5.41, 5.74) is 0.656. The van der Waals surface area contributed by atoms with Crippen molar-refractivity contribution in [2.45, 2.75) is 25.4 Å². The molecule has 1 aromatic carbocycles. The molecule has 5 heteroatoms. The highest BCUT2D eigenvalue weighted by Crippen LogP contribution is 2.37. The highest BCUT2D eigenvalue weighted by atomic mass is 32.1. The lowest BCUT2D eigenvalue weighted by molar-refractivity contribution is 0.212. The summed E-state index contributed by atoms with van der Waals surface area (Å²) >= 11 is 1.37. The molecule has 0 saturated carbocycles. The summed E-state index contributed by atoms with van der Waals surface area (Å²) in [5.74, 6) is -3.10. The molecule has 0 spiro atoms. The highest BCUT2D eigenvalue weighted by Gasteiger charge is 2.25. The highest BCUT2D eigenvalue weighted by molar-refractivity contribution is 7.12. The van der Waals surface area contributed by atoms with E-state index in [0.717, 1.165) is 29.7 Å². The van der Waals surface area contributed by atoms with E-state index < -0.39 is 29.1 Å². The predicted octanol–water partition coefficient (Wildman–Crippen LogP) is 3.74. The maximum absolute atomic E-state index is 13.6. The Balaban J connectivity index is 2.01. The molecule has 1 aliphatic carbocycles. The zero-order chi connectivity index (χ0) is 13.6. The Morgan fingerprint density at radius 2 is 1.74 bits per heavy atom. The Hall–Kier alpha value is -1.33. The maximum atomic E-state index is 13.6. The van der Waals surface area contributed by atoms with Crippen LogP contribution in [0.4, 0.5) is 13.2 Å². The van der Waals surface area contributed by atoms with Gasteiger partial charge in [-0.15, -0.1) is 11.3 Å². The minimum absolute atomic E-state index is 0.485. The Morgan fingerprint density at radius 1 is 1.05 bits per heavy atom. The van der Waals surface area contributed by atoms with Crippen LogP contribution < -0.4 is 0 Å². The smallest absolute Gasteiger partial charge is 0.135 e. The van der Waals surface area contributed by atoms with Gasteiger partial charge >= 0.3 is 0 Å². The molecule has 0 aliphatic heterocycles. The Bertz CT molecular complexity index is 591. The van der Waals surface area contributed by atoms with E-state index in [1.54, 1.807) is 6.07 Å². The molecule has 1 aliphatic rings. The summed E-state index contributed by atoms with van der Waals surface area (Å²) in [6, 6.07) is 2.96. The second-order valence-corrected chi connectivity index (χ2v) is 5.80. The molecule has 1 heterocycles. The van der Waals surface area contributed by atoms with Crippen molar-refractivity contribution in [3.8, 4) is 0 Å². The van der Waals surface area contributed by atoms with E-state index in [1.165, 1.54) is 11.3 Å². The second-order valence-electron chi connectivity index (χ2n) is 4.64. The van der Waals surface area contributed by atoms with E-state index in [2.05, 4.69) is 0 Å². The van der Waals surface area contributed by atoms with Crippen LogP contribution in [0.3, 0.4) is 0 Å². The van der Waals surface area contributed by atoms with Crippen LogP contribution in [0, 0.1) is 17.5 Å². The lowest BCUT2D eigenvalue weighted by atomic mass is 10.1. The minimum Gasteiger partial charge on any atom is -0.383 e. The van der Waals surface area contributed by atoms with Crippen LogP contribution in [-0.4, -0.2) is 5.11 Å². The summed E-state index contributed by atoms with van der Waals surface area (Å²) in [6.45, 7) is 0. The second kappa shape index (κ2) is 4.65. The molecule has 0 amide bonds. The Kier molecular flexibility index (Phi) is 3.11. The van der Waals surface area contributed by atoms with Gasteiger partial charge in [0.15, 0.2) is 0 Å². The van der Waals surface area contributed by atoms with Crippen molar-refractivity contribution in [3.63, 3.8) is 0 Å². The normalized spacial score (nSPS) is 15.6. The van der Waals surface area contributed by atoms with Gasteiger partial charge in [0.2, 0.25) is 0 Å². The predicted molar refractivity (Wildman–Crippen MR) is 66.7 cm³/mol. The molecule has 0 fully saturated rings. The molecule has 1 unspecified atom stereocenters. The summed E-state index contributed by atoms with van der Waals surface area (Å²) in [7, 11) is 0. The average molecular weight is 284 g/mol. The lowest BCUT2D eigenvalue weighted by Gasteiger charge is -2.11. The van der Waals surface area contributed by atoms with Crippen LogP contribution in [-0.2, 0) is 12.8 Å². The Labute approximate surface area is 112 Å². The van der Waals surface area contributed by atoms with Gasteiger partial charge in [0.1, 0.15) is 23.6 Å². The van der Waals surface area contributed by atoms with Crippen molar-refractivity contribution in [2.24, 2.45) is 0 Å². The molecular weight excluding hydrogens is 273 g/mol. The van der Waals surface area contributed by atoms with Gasteiger partial charge in [-0.25, -0.2) is 13.2 Å². The van der Waals surface area contributed by atoms with Crippen molar-refractivity contribution < 1.29 is 18.3 Å². The number of aryl methyl sites for hydroxylation is 2. The number of thiophene rings is 1. The van der Waals surface area contributed by atoms with Gasteiger partial charge in [0, 0.05) is 21.9 Å². The number of hydrogen-bond acceptors (Lipinski definition) is 2. The molecule has 0 saturated heterocycles. The molecule has 1 aromatic heterocycles. The lowest BCUT2D eigenvalue weighted by Crippen LogP contribution is -2.05. The van der Waals surface area contributed by atoms with E-state index in [-0.39, 0.29) is 0 Å². The van der Waals surface area contributed by atoms with Crippen LogP contribution in [0.15, 0.2) is 18.2 Å². The van der Waals surface area contributed by atoms with E-state index in [0.29, 0.717) is 17.0 Å². The SMILES string of the molecule is OC(c1cc2c(s1)CCC2)c1c(F)cc(F)cc1F. The van der Waals surface area contributed by atoms with Gasteiger partial charge in [-0.1, -0.05) is 0 Å². The number of fused-ring (bicyclic) bond motifs is 1. The molecule has 2 aromatic rings. The van der Waals surface area contributed by atoms with Gasteiger partial charge < -0.3 is 5.11 Å². The summed E-state index contributed by atoms with van der Waals surface area (Å²) in [6.07, 6.45) is 1.58. The van der Waals surface area contributed by atoms with Crippen molar-refractivity contribution >= 4 is 11.3 Å². The van der Waals surface area contributed by atoms with Gasteiger partial charge in [0.25, 0.3) is 0 Å². The number of rotatable bonds is 2. The molecule has 100 valence electrons. The third-order valence-electron chi connectivity index (χ3n) is 3.35. The molecule has 0 bridgehead atoms. The fourth-order valence-corrected chi connectivity index (χ4v) is 3.70. The molecule has 19 heavy (non-hydrogen) atoms. The van der Waals surface area contributed by atoms with E-state index in [9.17, 15) is 18.3 Å². The molecule has 1 atom stereocenters. The van der Waals surface area contributed by atoms with E-state index >= 15 is 0 Å². The van der Waals surface area contributed by atoms with Crippen molar-refractivity contribution in [3.05, 3.63) is 56.5 Å². The standard InChI is InChI=1S/C14H11F3OS/c15-8-5-9(16)13(10(17)6-8)14(18)12-4-7-2-1-3-11(7)19-12/h4-6,14,18H,1-3H2. The maximum Gasteiger partial charge on any atom is 0.135 e. The Morgan fingerprint density at radius 3 is 2.37 bits per heavy atom. The monoisotopic (exact) mass is 284 g/mol. The van der Waals surface area contributed by atoms with E-state index in [1.807, 2.05) is 0 Å². The van der Waals surface area contributed by atoms with Crippen LogP contribution in [0.1, 0.15) is 33.4 Å². The third-order valence-corrected chi connectivity index (χ3v) is 4.64.